The first kappa shape index (κ1) is 13.7. The van der Waals surface area contributed by atoms with Crippen molar-refractivity contribution < 1.29 is 4.79 Å². The van der Waals surface area contributed by atoms with Crippen molar-refractivity contribution in [3.05, 3.63) is 34.9 Å². The lowest BCUT2D eigenvalue weighted by Crippen LogP contribution is -2.55. The molecule has 1 heterocycles. The zero-order valence-electron chi connectivity index (χ0n) is 11.2. The predicted octanol–water partition coefficient (Wildman–Crippen LogP) is 1.86. The summed E-state index contributed by atoms with van der Waals surface area (Å²) in [7, 11) is 0. The second kappa shape index (κ2) is 5.28. The number of carbonyl (C=O) groups is 1. The quantitative estimate of drug-likeness (QED) is 0.874. The number of ketones is 1. The summed E-state index contributed by atoms with van der Waals surface area (Å²) in [5.74, 6) is -0.0426. The topological polar surface area (TPSA) is 67.5 Å². The van der Waals surface area contributed by atoms with Crippen LogP contribution in [0.25, 0.3) is 0 Å². The Morgan fingerprint density at radius 3 is 2.90 bits per heavy atom. The van der Waals surface area contributed by atoms with E-state index in [9.17, 15) is 4.79 Å². The Labute approximate surface area is 123 Å². The van der Waals surface area contributed by atoms with E-state index in [0.717, 1.165) is 18.4 Å². The SMILES string of the molecule is NC1(c2ccccc2Cl)CCCC(C2C=NCN2)C1=O. The number of halogens is 1. The van der Waals surface area contributed by atoms with Gasteiger partial charge in [-0.2, -0.15) is 0 Å². The van der Waals surface area contributed by atoms with Gasteiger partial charge in [-0.1, -0.05) is 36.2 Å². The number of carbonyl (C=O) groups excluding carboxylic acids is 1. The second-order valence-electron chi connectivity index (χ2n) is 5.53. The molecular formula is C15H18ClN3O. The van der Waals surface area contributed by atoms with Crippen LogP contribution in [0.4, 0.5) is 0 Å². The van der Waals surface area contributed by atoms with Crippen molar-refractivity contribution in [1.82, 2.24) is 5.32 Å². The Hall–Kier alpha value is -1.23. The second-order valence-corrected chi connectivity index (χ2v) is 5.94. The first-order chi connectivity index (χ1) is 9.63. The summed E-state index contributed by atoms with van der Waals surface area (Å²) in [6.45, 7) is 0.581. The highest BCUT2D eigenvalue weighted by Gasteiger charge is 2.46. The first-order valence-electron chi connectivity index (χ1n) is 6.94. The molecule has 4 nitrogen and oxygen atoms in total. The van der Waals surface area contributed by atoms with Crippen LogP contribution < -0.4 is 11.1 Å². The maximum absolute atomic E-state index is 12.9. The highest BCUT2D eigenvalue weighted by atomic mass is 35.5. The summed E-state index contributed by atoms with van der Waals surface area (Å²) in [5.41, 5.74) is 6.25. The number of rotatable bonds is 2. The molecule has 0 saturated heterocycles. The largest absolute Gasteiger partial charge is 0.315 e. The molecule has 1 aromatic carbocycles. The van der Waals surface area contributed by atoms with Crippen molar-refractivity contribution >= 4 is 23.6 Å². The first-order valence-corrected chi connectivity index (χ1v) is 7.32. The number of hydrogen-bond donors (Lipinski definition) is 2. The lowest BCUT2D eigenvalue weighted by Gasteiger charge is -2.38. The summed E-state index contributed by atoms with van der Waals surface area (Å²) in [6, 6.07) is 7.39. The molecule has 1 aliphatic carbocycles. The van der Waals surface area contributed by atoms with E-state index in [2.05, 4.69) is 10.3 Å². The van der Waals surface area contributed by atoms with Crippen LogP contribution in [0.1, 0.15) is 24.8 Å². The van der Waals surface area contributed by atoms with Gasteiger partial charge in [-0.25, -0.2) is 0 Å². The highest BCUT2D eigenvalue weighted by molar-refractivity contribution is 6.31. The van der Waals surface area contributed by atoms with Crippen LogP contribution >= 0.6 is 11.6 Å². The number of nitrogens with zero attached hydrogens (tertiary/aromatic N) is 1. The molecule has 0 spiro atoms. The van der Waals surface area contributed by atoms with Gasteiger partial charge in [0.15, 0.2) is 5.78 Å². The number of aliphatic imine (C=N–C) groups is 1. The normalized spacial score (nSPS) is 33.6. The van der Waals surface area contributed by atoms with Crippen molar-refractivity contribution in [3.8, 4) is 0 Å². The molecule has 0 bridgehead atoms. The molecule has 3 rings (SSSR count). The van der Waals surface area contributed by atoms with Crippen LogP contribution in [0.2, 0.25) is 5.02 Å². The van der Waals surface area contributed by atoms with E-state index < -0.39 is 5.54 Å². The minimum Gasteiger partial charge on any atom is -0.315 e. The Balaban J connectivity index is 1.94. The van der Waals surface area contributed by atoms with E-state index in [-0.39, 0.29) is 17.7 Å². The van der Waals surface area contributed by atoms with E-state index in [1.165, 1.54) is 0 Å². The van der Waals surface area contributed by atoms with Gasteiger partial charge in [-0.15, -0.1) is 0 Å². The molecule has 1 fully saturated rings. The van der Waals surface area contributed by atoms with Crippen LogP contribution in [-0.4, -0.2) is 24.7 Å². The molecule has 3 atom stereocenters. The molecule has 1 aliphatic heterocycles. The average molecular weight is 292 g/mol. The van der Waals surface area contributed by atoms with E-state index in [1.807, 2.05) is 24.4 Å². The summed E-state index contributed by atoms with van der Waals surface area (Å²) in [4.78, 5) is 17.1. The summed E-state index contributed by atoms with van der Waals surface area (Å²) in [6.07, 6.45) is 4.26. The van der Waals surface area contributed by atoms with Gasteiger partial charge in [-0.3, -0.25) is 15.1 Å². The zero-order valence-corrected chi connectivity index (χ0v) is 11.9. The van der Waals surface area contributed by atoms with Crippen molar-refractivity contribution in [3.63, 3.8) is 0 Å². The smallest absolute Gasteiger partial charge is 0.162 e. The van der Waals surface area contributed by atoms with Gasteiger partial charge in [-0.05, 0) is 24.5 Å². The fraction of sp³-hybridized carbons (Fsp3) is 0.467. The van der Waals surface area contributed by atoms with Crippen molar-refractivity contribution in [2.45, 2.75) is 30.8 Å². The number of nitrogens with one attached hydrogen (secondary N) is 1. The fourth-order valence-corrected chi connectivity index (χ4v) is 3.55. The van der Waals surface area contributed by atoms with Crippen LogP contribution in [-0.2, 0) is 10.3 Å². The zero-order chi connectivity index (χ0) is 14.2. The van der Waals surface area contributed by atoms with E-state index >= 15 is 0 Å². The third kappa shape index (κ3) is 2.18. The Morgan fingerprint density at radius 1 is 1.40 bits per heavy atom. The lowest BCUT2D eigenvalue weighted by molar-refractivity contribution is -0.131. The van der Waals surface area contributed by atoms with Gasteiger partial charge in [0.1, 0.15) is 5.54 Å². The van der Waals surface area contributed by atoms with E-state index in [4.69, 9.17) is 17.3 Å². The summed E-state index contributed by atoms with van der Waals surface area (Å²) < 4.78 is 0. The maximum atomic E-state index is 12.9. The van der Waals surface area contributed by atoms with E-state index in [0.29, 0.717) is 18.1 Å². The minimum atomic E-state index is -0.973. The van der Waals surface area contributed by atoms with Crippen LogP contribution in [0.15, 0.2) is 29.3 Å². The van der Waals surface area contributed by atoms with Gasteiger partial charge in [0.25, 0.3) is 0 Å². The highest BCUT2D eigenvalue weighted by Crippen LogP contribution is 2.39. The number of benzene rings is 1. The van der Waals surface area contributed by atoms with Crippen molar-refractivity contribution in [2.24, 2.45) is 16.6 Å². The van der Waals surface area contributed by atoms with Gasteiger partial charge in [0, 0.05) is 17.2 Å². The fourth-order valence-electron chi connectivity index (χ4n) is 3.24. The van der Waals surface area contributed by atoms with Gasteiger partial charge in [0.05, 0.1) is 12.7 Å². The van der Waals surface area contributed by atoms with Crippen LogP contribution in [0, 0.1) is 5.92 Å². The predicted molar refractivity (Wildman–Crippen MR) is 79.9 cm³/mol. The van der Waals surface area contributed by atoms with Crippen LogP contribution in [0.3, 0.4) is 0 Å². The molecular weight excluding hydrogens is 274 g/mol. The molecule has 0 amide bonds. The van der Waals surface area contributed by atoms with Gasteiger partial charge in [0.2, 0.25) is 0 Å². The molecule has 0 radical (unpaired) electrons. The minimum absolute atomic E-state index is 0.00760. The summed E-state index contributed by atoms with van der Waals surface area (Å²) >= 11 is 6.25. The monoisotopic (exact) mass is 291 g/mol. The van der Waals surface area contributed by atoms with Crippen LogP contribution in [0.5, 0.6) is 0 Å². The molecule has 3 unspecified atom stereocenters. The third-order valence-electron chi connectivity index (χ3n) is 4.33. The lowest BCUT2D eigenvalue weighted by atomic mass is 9.69. The molecule has 0 aromatic heterocycles. The van der Waals surface area contributed by atoms with Gasteiger partial charge >= 0.3 is 0 Å². The number of Topliss-reactive ketones (excluding diaryl/α,β-unsaturated/α-hetero) is 1. The Kier molecular flexibility index (Phi) is 3.63. The Morgan fingerprint density at radius 2 is 2.20 bits per heavy atom. The maximum Gasteiger partial charge on any atom is 0.162 e. The van der Waals surface area contributed by atoms with Crippen molar-refractivity contribution in [2.75, 3.05) is 6.67 Å². The molecule has 3 N–H and O–H groups in total. The molecule has 20 heavy (non-hydrogen) atoms. The summed E-state index contributed by atoms with van der Waals surface area (Å²) in [5, 5.41) is 3.80. The van der Waals surface area contributed by atoms with E-state index in [1.54, 1.807) is 6.07 Å². The van der Waals surface area contributed by atoms with Gasteiger partial charge < -0.3 is 5.73 Å². The molecule has 5 heteroatoms. The third-order valence-corrected chi connectivity index (χ3v) is 4.66. The molecule has 1 aromatic rings. The molecule has 106 valence electrons. The number of hydrogen-bond acceptors (Lipinski definition) is 4. The Bertz CT molecular complexity index is 560. The molecule has 1 saturated carbocycles. The molecule has 2 aliphatic rings. The number of nitrogens with two attached hydrogens (primary N) is 1. The standard InChI is InChI=1S/C15H18ClN3O/c16-12-6-2-1-5-11(12)15(17)7-3-4-10(14(15)20)13-8-18-9-19-13/h1-2,5-6,8,10,13,19H,3-4,7,9,17H2. The van der Waals surface area contributed by atoms with Crippen molar-refractivity contribution in [1.29, 1.82) is 0 Å². The average Bonchev–Trinajstić information content (AvgIpc) is 2.96.